The number of rotatable bonds is 6. The predicted molar refractivity (Wildman–Crippen MR) is 121 cm³/mol. The SMILES string of the molecule is CC(CC(=O)N1CCN(C(C)c2nc(-c3ccccc3)no2)CC1)c1ccc(C(F)(F)F)cc1. The number of carbonyl (C=O) groups is 1. The van der Waals surface area contributed by atoms with Gasteiger partial charge in [-0.3, -0.25) is 9.69 Å². The third-order valence-electron chi connectivity index (χ3n) is 6.33. The lowest BCUT2D eigenvalue weighted by molar-refractivity contribution is -0.137. The lowest BCUT2D eigenvalue weighted by Gasteiger charge is -2.37. The molecule has 2 atom stereocenters. The van der Waals surface area contributed by atoms with Gasteiger partial charge in [0, 0.05) is 38.2 Å². The van der Waals surface area contributed by atoms with Gasteiger partial charge in [0.05, 0.1) is 11.6 Å². The number of halogens is 3. The highest BCUT2D eigenvalue weighted by Gasteiger charge is 2.31. The molecule has 2 unspecified atom stereocenters. The van der Waals surface area contributed by atoms with E-state index < -0.39 is 11.7 Å². The lowest BCUT2D eigenvalue weighted by Crippen LogP contribution is -2.49. The summed E-state index contributed by atoms with van der Waals surface area (Å²) >= 11 is 0. The quantitative estimate of drug-likeness (QED) is 0.496. The van der Waals surface area contributed by atoms with E-state index in [9.17, 15) is 18.0 Å². The molecule has 3 aromatic rings. The van der Waals surface area contributed by atoms with Crippen molar-refractivity contribution in [3.8, 4) is 11.4 Å². The van der Waals surface area contributed by atoms with Gasteiger partial charge >= 0.3 is 6.18 Å². The van der Waals surface area contributed by atoms with Gasteiger partial charge in [-0.2, -0.15) is 18.2 Å². The Kier molecular flexibility index (Phi) is 7.02. The number of piperazine rings is 1. The van der Waals surface area contributed by atoms with E-state index in [1.807, 2.05) is 49.1 Å². The molecular formula is C25H27F3N4O2. The highest BCUT2D eigenvalue weighted by Crippen LogP contribution is 2.31. The summed E-state index contributed by atoms with van der Waals surface area (Å²) in [5.74, 6) is 0.925. The van der Waals surface area contributed by atoms with Crippen LogP contribution in [-0.2, 0) is 11.0 Å². The summed E-state index contributed by atoms with van der Waals surface area (Å²) in [6.45, 7) is 6.35. The van der Waals surface area contributed by atoms with Gasteiger partial charge in [0.15, 0.2) is 0 Å². The molecule has 9 heteroatoms. The van der Waals surface area contributed by atoms with Crippen molar-refractivity contribution in [2.24, 2.45) is 0 Å². The molecule has 180 valence electrons. The number of carbonyl (C=O) groups excluding carboxylic acids is 1. The standard InChI is InChI=1S/C25H27F3N4O2/c1-17(19-8-10-21(11-9-19)25(26,27)28)16-22(33)32-14-12-31(13-15-32)18(2)24-29-23(30-34-24)20-6-4-3-5-7-20/h3-11,17-18H,12-16H2,1-2H3. The van der Waals surface area contributed by atoms with Crippen LogP contribution in [-0.4, -0.2) is 52.0 Å². The maximum atomic E-state index is 12.8. The molecule has 1 fully saturated rings. The van der Waals surface area contributed by atoms with E-state index in [0.29, 0.717) is 37.9 Å². The summed E-state index contributed by atoms with van der Waals surface area (Å²) in [5, 5.41) is 4.09. The molecule has 0 saturated carbocycles. The van der Waals surface area contributed by atoms with Crippen molar-refractivity contribution in [1.82, 2.24) is 19.9 Å². The van der Waals surface area contributed by atoms with Crippen molar-refractivity contribution < 1.29 is 22.5 Å². The van der Waals surface area contributed by atoms with Crippen molar-refractivity contribution in [3.63, 3.8) is 0 Å². The molecule has 4 rings (SSSR count). The molecule has 2 aromatic carbocycles. The van der Waals surface area contributed by atoms with Gasteiger partial charge < -0.3 is 9.42 Å². The Morgan fingerprint density at radius 2 is 1.65 bits per heavy atom. The number of amides is 1. The second-order valence-corrected chi connectivity index (χ2v) is 8.64. The monoisotopic (exact) mass is 472 g/mol. The van der Waals surface area contributed by atoms with Crippen LogP contribution >= 0.6 is 0 Å². The molecule has 0 bridgehead atoms. The lowest BCUT2D eigenvalue weighted by atomic mass is 9.96. The number of benzene rings is 2. The van der Waals surface area contributed by atoms with E-state index in [4.69, 9.17) is 4.52 Å². The third-order valence-corrected chi connectivity index (χ3v) is 6.33. The largest absolute Gasteiger partial charge is 0.416 e. The van der Waals surface area contributed by atoms with Crippen LogP contribution in [0.1, 0.15) is 49.2 Å². The molecule has 1 amide bonds. The van der Waals surface area contributed by atoms with E-state index in [-0.39, 0.29) is 24.3 Å². The van der Waals surface area contributed by atoms with Crippen LogP contribution in [0.4, 0.5) is 13.2 Å². The van der Waals surface area contributed by atoms with Crippen LogP contribution in [0.25, 0.3) is 11.4 Å². The van der Waals surface area contributed by atoms with Gasteiger partial charge in [0.2, 0.25) is 17.6 Å². The Hall–Kier alpha value is -3.20. The third kappa shape index (κ3) is 5.47. The van der Waals surface area contributed by atoms with E-state index in [0.717, 1.165) is 23.3 Å². The molecule has 2 heterocycles. The first-order valence-electron chi connectivity index (χ1n) is 11.3. The summed E-state index contributed by atoms with van der Waals surface area (Å²) in [6.07, 6.45) is -4.11. The van der Waals surface area contributed by atoms with Gasteiger partial charge in [-0.1, -0.05) is 54.5 Å². The van der Waals surface area contributed by atoms with Crippen molar-refractivity contribution in [2.45, 2.75) is 38.4 Å². The van der Waals surface area contributed by atoms with Gasteiger partial charge in [-0.25, -0.2) is 0 Å². The first-order chi connectivity index (χ1) is 16.2. The second-order valence-electron chi connectivity index (χ2n) is 8.64. The maximum Gasteiger partial charge on any atom is 0.416 e. The Morgan fingerprint density at radius 1 is 1.00 bits per heavy atom. The minimum atomic E-state index is -4.36. The fourth-order valence-electron chi connectivity index (χ4n) is 4.13. The zero-order valence-corrected chi connectivity index (χ0v) is 19.1. The normalized spacial score (nSPS) is 16.9. The first-order valence-corrected chi connectivity index (χ1v) is 11.3. The molecule has 0 spiro atoms. The Balaban J connectivity index is 1.29. The molecule has 6 nitrogen and oxygen atoms in total. The minimum absolute atomic E-state index is 0.00357. The Labute approximate surface area is 196 Å². The number of hydrogen-bond donors (Lipinski definition) is 0. The zero-order chi connectivity index (χ0) is 24.3. The molecule has 1 aromatic heterocycles. The van der Waals surface area contributed by atoms with Crippen molar-refractivity contribution in [3.05, 3.63) is 71.6 Å². The van der Waals surface area contributed by atoms with Crippen LogP contribution in [0.5, 0.6) is 0 Å². The van der Waals surface area contributed by atoms with Crippen molar-refractivity contribution >= 4 is 5.91 Å². The Bertz CT molecular complexity index is 1090. The molecule has 0 N–H and O–H groups in total. The zero-order valence-electron chi connectivity index (χ0n) is 19.1. The number of alkyl halides is 3. The van der Waals surface area contributed by atoms with Crippen molar-refractivity contribution in [1.29, 1.82) is 0 Å². The average Bonchev–Trinajstić information content (AvgIpc) is 3.34. The van der Waals surface area contributed by atoms with Gasteiger partial charge in [-0.05, 0) is 30.5 Å². The van der Waals surface area contributed by atoms with Crippen LogP contribution in [0.2, 0.25) is 0 Å². The average molecular weight is 473 g/mol. The number of aromatic nitrogens is 2. The van der Waals surface area contributed by atoms with Gasteiger partial charge in [-0.15, -0.1) is 0 Å². The number of hydrogen-bond acceptors (Lipinski definition) is 5. The van der Waals surface area contributed by atoms with Gasteiger partial charge in [0.1, 0.15) is 0 Å². The summed E-state index contributed by atoms with van der Waals surface area (Å²) in [4.78, 5) is 21.3. The van der Waals surface area contributed by atoms with Crippen LogP contribution in [0, 0.1) is 0 Å². The first kappa shape index (κ1) is 23.9. The number of nitrogens with zero attached hydrogens (tertiary/aromatic N) is 4. The minimum Gasteiger partial charge on any atom is -0.340 e. The highest BCUT2D eigenvalue weighted by molar-refractivity contribution is 5.77. The van der Waals surface area contributed by atoms with Crippen LogP contribution < -0.4 is 0 Å². The van der Waals surface area contributed by atoms with Crippen LogP contribution in [0.3, 0.4) is 0 Å². The fourth-order valence-corrected chi connectivity index (χ4v) is 4.13. The Morgan fingerprint density at radius 3 is 2.26 bits per heavy atom. The molecule has 0 radical (unpaired) electrons. The molecule has 1 saturated heterocycles. The smallest absolute Gasteiger partial charge is 0.340 e. The van der Waals surface area contributed by atoms with Crippen molar-refractivity contribution in [2.75, 3.05) is 26.2 Å². The summed E-state index contributed by atoms with van der Waals surface area (Å²) in [7, 11) is 0. The predicted octanol–water partition coefficient (Wildman–Crippen LogP) is 5.15. The molecule has 34 heavy (non-hydrogen) atoms. The fraction of sp³-hybridized carbons (Fsp3) is 0.400. The molecule has 1 aliphatic rings. The molecular weight excluding hydrogens is 445 g/mol. The van der Waals surface area contributed by atoms with Crippen LogP contribution in [0.15, 0.2) is 59.1 Å². The van der Waals surface area contributed by atoms with E-state index in [1.165, 1.54) is 12.1 Å². The highest BCUT2D eigenvalue weighted by atomic mass is 19.4. The second kappa shape index (κ2) is 9.97. The van der Waals surface area contributed by atoms with E-state index in [2.05, 4.69) is 15.0 Å². The maximum absolute atomic E-state index is 12.8. The van der Waals surface area contributed by atoms with E-state index >= 15 is 0 Å². The molecule has 0 aliphatic carbocycles. The topological polar surface area (TPSA) is 62.5 Å². The van der Waals surface area contributed by atoms with Gasteiger partial charge in [0.25, 0.3) is 0 Å². The molecule has 1 aliphatic heterocycles. The summed E-state index contributed by atoms with van der Waals surface area (Å²) in [5.41, 5.74) is 0.929. The van der Waals surface area contributed by atoms with E-state index in [1.54, 1.807) is 0 Å². The summed E-state index contributed by atoms with van der Waals surface area (Å²) in [6, 6.07) is 14.6. The summed E-state index contributed by atoms with van der Waals surface area (Å²) < 4.78 is 43.8.